The van der Waals surface area contributed by atoms with Crippen LogP contribution in [0.5, 0.6) is 11.5 Å². The molecule has 0 unspecified atom stereocenters. The third-order valence-electron chi connectivity index (χ3n) is 2.03. The zero-order valence-corrected chi connectivity index (χ0v) is 10.1. The van der Waals surface area contributed by atoms with Crippen molar-refractivity contribution >= 4 is 8.25 Å². The second kappa shape index (κ2) is 5.65. The molecule has 0 amide bonds. The minimum absolute atomic E-state index is 0.238. The monoisotopic (exact) mass is 270 g/mol. The van der Waals surface area contributed by atoms with Crippen molar-refractivity contribution in [3.63, 3.8) is 0 Å². The summed E-state index contributed by atoms with van der Waals surface area (Å²) in [6, 6.07) is 10.1. The van der Waals surface area contributed by atoms with Crippen molar-refractivity contribution in [2.45, 2.75) is 0 Å². The van der Waals surface area contributed by atoms with Crippen molar-refractivity contribution in [3.05, 3.63) is 60.2 Å². The molecule has 94 valence electrons. The second-order valence-corrected chi connectivity index (χ2v) is 4.27. The molecule has 18 heavy (non-hydrogen) atoms. The standard InChI is InChI=1S/C12H9F2O3P/c13-9-1-5-11(6-2-9)16-18(15)17-12-7-3-10(14)4-8-12/h1-8,18H. The Kier molecular flexibility index (Phi) is 3.95. The number of halogens is 2. The molecule has 0 spiro atoms. The van der Waals surface area contributed by atoms with E-state index in [0.29, 0.717) is 0 Å². The first-order valence-corrected chi connectivity index (χ1v) is 6.27. The van der Waals surface area contributed by atoms with Gasteiger partial charge in [-0.1, -0.05) is 0 Å². The molecule has 0 aliphatic carbocycles. The Morgan fingerprint density at radius 3 is 1.39 bits per heavy atom. The van der Waals surface area contributed by atoms with Crippen LogP contribution in [-0.4, -0.2) is 0 Å². The predicted molar refractivity (Wildman–Crippen MR) is 63.1 cm³/mol. The topological polar surface area (TPSA) is 35.5 Å². The first kappa shape index (κ1) is 12.6. The number of hydrogen-bond acceptors (Lipinski definition) is 3. The SMILES string of the molecule is O=[PH](Oc1ccc(F)cc1)Oc1ccc(F)cc1. The van der Waals surface area contributed by atoms with Crippen molar-refractivity contribution in [2.24, 2.45) is 0 Å². The molecule has 0 aliphatic rings. The lowest BCUT2D eigenvalue weighted by molar-refractivity contribution is 0.414. The molecule has 0 aromatic heterocycles. The van der Waals surface area contributed by atoms with Crippen LogP contribution in [0.25, 0.3) is 0 Å². The van der Waals surface area contributed by atoms with Crippen LogP contribution in [0.4, 0.5) is 8.78 Å². The number of benzene rings is 2. The zero-order valence-electron chi connectivity index (χ0n) is 9.10. The summed E-state index contributed by atoms with van der Waals surface area (Å²) in [5.74, 6) is -0.354. The fraction of sp³-hybridized carbons (Fsp3) is 0. The molecule has 0 aliphatic heterocycles. The Bertz CT molecular complexity index is 491. The molecule has 0 bridgehead atoms. The van der Waals surface area contributed by atoms with Gasteiger partial charge in [0.1, 0.15) is 23.1 Å². The van der Waals surface area contributed by atoms with Crippen LogP contribution in [0.3, 0.4) is 0 Å². The first-order valence-electron chi connectivity index (χ1n) is 5.04. The van der Waals surface area contributed by atoms with Crippen LogP contribution in [0.2, 0.25) is 0 Å². The normalized spacial score (nSPS) is 10.4. The number of rotatable bonds is 4. The highest BCUT2D eigenvalue weighted by molar-refractivity contribution is 7.34. The predicted octanol–water partition coefficient (Wildman–Crippen LogP) is 3.81. The lowest BCUT2D eigenvalue weighted by atomic mass is 10.3. The van der Waals surface area contributed by atoms with Crippen molar-refractivity contribution in [2.75, 3.05) is 0 Å². The van der Waals surface area contributed by atoms with Crippen molar-refractivity contribution in [3.8, 4) is 11.5 Å². The van der Waals surface area contributed by atoms with E-state index in [1.807, 2.05) is 0 Å². The summed E-state index contributed by atoms with van der Waals surface area (Å²) in [5.41, 5.74) is 0. The fourth-order valence-corrected chi connectivity index (χ4v) is 1.92. The van der Waals surface area contributed by atoms with Gasteiger partial charge in [-0.3, -0.25) is 0 Å². The average molecular weight is 270 g/mol. The lowest BCUT2D eigenvalue weighted by Gasteiger charge is -2.07. The molecule has 2 aromatic carbocycles. The molecular formula is C12H9F2O3P. The largest absolute Gasteiger partial charge is 0.418 e. The van der Waals surface area contributed by atoms with E-state index >= 15 is 0 Å². The smallest absolute Gasteiger partial charge is 0.418 e. The first-order chi connectivity index (χ1) is 8.63. The maximum absolute atomic E-state index is 12.6. The fourth-order valence-electron chi connectivity index (χ4n) is 1.22. The Morgan fingerprint density at radius 2 is 1.06 bits per heavy atom. The Morgan fingerprint density at radius 1 is 0.722 bits per heavy atom. The van der Waals surface area contributed by atoms with E-state index in [9.17, 15) is 13.3 Å². The molecule has 2 rings (SSSR count). The van der Waals surface area contributed by atoms with E-state index in [0.717, 1.165) is 0 Å². The minimum atomic E-state index is -2.81. The van der Waals surface area contributed by atoms with Crippen LogP contribution in [0.1, 0.15) is 0 Å². The number of hydrogen-bond donors (Lipinski definition) is 0. The summed E-state index contributed by atoms with van der Waals surface area (Å²) < 4.78 is 46.7. The summed E-state index contributed by atoms with van der Waals surface area (Å²) in [6.45, 7) is 0. The van der Waals surface area contributed by atoms with Crippen molar-refractivity contribution in [1.29, 1.82) is 0 Å². The third-order valence-corrected chi connectivity index (χ3v) is 2.83. The molecule has 0 N–H and O–H groups in total. The van der Waals surface area contributed by atoms with E-state index in [1.54, 1.807) is 0 Å². The van der Waals surface area contributed by atoms with E-state index in [4.69, 9.17) is 9.05 Å². The lowest BCUT2D eigenvalue weighted by Crippen LogP contribution is -1.89. The molecule has 0 saturated heterocycles. The van der Waals surface area contributed by atoms with Gasteiger partial charge >= 0.3 is 8.25 Å². The molecule has 0 saturated carbocycles. The summed E-state index contributed by atoms with van der Waals surface area (Å²) >= 11 is 0. The summed E-state index contributed by atoms with van der Waals surface area (Å²) in [7, 11) is -2.81. The zero-order chi connectivity index (χ0) is 13.0. The van der Waals surface area contributed by atoms with Crippen LogP contribution >= 0.6 is 8.25 Å². The van der Waals surface area contributed by atoms with Crippen LogP contribution in [0, 0.1) is 11.6 Å². The maximum Gasteiger partial charge on any atom is 0.418 e. The Hall–Kier alpha value is -1.87. The second-order valence-electron chi connectivity index (χ2n) is 3.36. The molecule has 0 radical (unpaired) electrons. The summed E-state index contributed by atoms with van der Waals surface area (Å²) in [6.07, 6.45) is 0. The van der Waals surface area contributed by atoms with E-state index in [2.05, 4.69) is 0 Å². The maximum atomic E-state index is 12.6. The quantitative estimate of drug-likeness (QED) is 0.792. The molecule has 0 fully saturated rings. The van der Waals surface area contributed by atoms with E-state index < -0.39 is 19.9 Å². The van der Waals surface area contributed by atoms with Gasteiger partial charge in [0.05, 0.1) is 0 Å². The van der Waals surface area contributed by atoms with Gasteiger partial charge in [-0.2, -0.15) is 0 Å². The van der Waals surface area contributed by atoms with Gasteiger partial charge in [-0.25, -0.2) is 13.3 Å². The molecule has 0 heterocycles. The minimum Gasteiger partial charge on any atom is -0.418 e. The van der Waals surface area contributed by atoms with Crippen LogP contribution in [-0.2, 0) is 4.57 Å². The third kappa shape index (κ3) is 3.57. The van der Waals surface area contributed by atoms with E-state index in [-0.39, 0.29) is 11.5 Å². The van der Waals surface area contributed by atoms with Gasteiger partial charge in [0.25, 0.3) is 0 Å². The summed E-state index contributed by atoms with van der Waals surface area (Å²) in [4.78, 5) is 0. The molecule has 2 aromatic rings. The van der Waals surface area contributed by atoms with Crippen molar-refractivity contribution < 1.29 is 22.4 Å². The highest BCUT2D eigenvalue weighted by Gasteiger charge is 2.04. The average Bonchev–Trinajstić information content (AvgIpc) is 2.35. The Balaban J connectivity index is 1.96. The summed E-state index contributed by atoms with van der Waals surface area (Å²) in [5, 5.41) is 0. The molecular weight excluding hydrogens is 261 g/mol. The van der Waals surface area contributed by atoms with Gasteiger partial charge in [0.15, 0.2) is 0 Å². The van der Waals surface area contributed by atoms with Gasteiger partial charge in [-0.05, 0) is 48.5 Å². The van der Waals surface area contributed by atoms with Crippen LogP contribution in [0.15, 0.2) is 48.5 Å². The highest BCUT2D eigenvalue weighted by atomic mass is 31.1. The molecule has 6 heteroatoms. The molecule has 0 atom stereocenters. The van der Waals surface area contributed by atoms with Crippen molar-refractivity contribution in [1.82, 2.24) is 0 Å². The van der Waals surface area contributed by atoms with Gasteiger partial charge in [0.2, 0.25) is 0 Å². The van der Waals surface area contributed by atoms with Gasteiger partial charge in [0, 0.05) is 0 Å². The van der Waals surface area contributed by atoms with Crippen LogP contribution < -0.4 is 9.05 Å². The van der Waals surface area contributed by atoms with Gasteiger partial charge in [-0.15, -0.1) is 0 Å². The Labute approximate surface area is 103 Å². The van der Waals surface area contributed by atoms with Gasteiger partial charge < -0.3 is 9.05 Å². The van der Waals surface area contributed by atoms with E-state index in [1.165, 1.54) is 48.5 Å². The highest BCUT2D eigenvalue weighted by Crippen LogP contribution is 2.30. The molecule has 3 nitrogen and oxygen atoms in total.